The van der Waals surface area contributed by atoms with Gasteiger partial charge >= 0.3 is 0 Å². The molecule has 1 aliphatic rings. The summed E-state index contributed by atoms with van der Waals surface area (Å²) >= 11 is 0. The van der Waals surface area contributed by atoms with Crippen molar-refractivity contribution in [3.8, 4) is 0 Å². The Labute approximate surface area is 143 Å². The zero-order valence-corrected chi connectivity index (χ0v) is 14.4. The first-order valence-electron chi connectivity index (χ1n) is 7.32. The van der Waals surface area contributed by atoms with Crippen LogP contribution in [0.1, 0.15) is 34.6 Å². The van der Waals surface area contributed by atoms with Crippen LogP contribution < -0.4 is 0 Å². The molecule has 0 aromatic carbocycles. The first-order valence-corrected chi connectivity index (χ1v) is 7.32. The standard InChI is InChI=1S/C15H22O10/c1-6(16)10(20)11-13(22,7(2)17)15(24,9(4)19)14(23,8(3)18)12(5,21)25-11/h10-11,20-24H,1-5H3/t10?,11-,12+,13-,14+,15+/m1/s1. The van der Waals surface area contributed by atoms with E-state index in [0.717, 1.165) is 6.92 Å². The average Bonchev–Trinajstić information content (AvgIpc) is 2.47. The van der Waals surface area contributed by atoms with Crippen molar-refractivity contribution >= 4 is 23.1 Å². The molecule has 1 heterocycles. The lowest BCUT2D eigenvalue weighted by atomic mass is 9.57. The second-order valence-electron chi connectivity index (χ2n) is 6.43. The van der Waals surface area contributed by atoms with E-state index in [2.05, 4.69) is 0 Å². The summed E-state index contributed by atoms with van der Waals surface area (Å²) in [7, 11) is 0. The van der Waals surface area contributed by atoms with E-state index in [4.69, 9.17) is 4.74 Å². The van der Waals surface area contributed by atoms with Gasteiger partial charge in [0.1, 0.15) is 12.2 Å². The number of ether oxygens (including phenoxy) is 1. The van der Waals surface area contributed by atoms with Crippen molar-refractivity contribution in [2.24, 2.45) is 0 Å². The van der Waals surface area contributed by atoms with E-state index in [0.29, 0.717) is 27.7 Å². The van der Waals surface area contributed by atoms with Crippen LogP contribution in [0.5, 0.6) is 0 Å². The first-order chi connectivity index (χ1) is 11.0. The number of aliphatic hydroxyl groups is 5. The maximum atomic E-state index is 12.2. The van der Waals surface area contributed by atoms with Crippen LogP contribution in [0.4, 0.5) is 0 Å². The third-order valence-electron chi connectivity index (χ3n) is 4.77. The van der Waals surface area contributed by atoms with Gasteiger partial charge in [0, 0.05) is 0 Å². The molecule has 0 aliphatic carbocycles. The number of Topliss-reactive ketones (excluding diaryl/α,β-unsaturated/α-hetero) is 4. The van der Waals surface area contributed by atoms with Crippen LogP contribution in [0.2, 0.25) is 0 Å². The summed E-state index contributed by atoms with van der Waals surface area (Å²) in [5.74, 6) is -8.31. The van der Waals surface area contributed by atoms with E-state index in [9.17, 15) is 44.7 Å². The Balaban J connectivity index is 3.99. The Bertz CT molecular complexity index is 640. The van der Waals surface area contributed by atoms with Gasteiger partial charge in [-0.1, -0.05) is 0 Å². The largest absolute Gasteiger partial charge is 0.382 e. The normalized spacial score (nSPS) is 42.6. The summed E-state index contributed by atoms with van der Waals surface area (Å²) < 4.78 is 4.93. The van der Waals surface area contributed by atoms with Gasteiger partial charge in [0.15, 0.2) is 28.7 Å². The summed E-state index contributed by atoms with van der Waals surface area (Å²) in [5.41, 5.74) is -10.5. The molecule has 1 unspecified atom stereocenters. The zero-order chi connectivity index (χ0) is 20.2. The van der Waals surface area contributed by atoms with E-state index < -0.39 is 57.9 Å². The van der Waals surface area contributed by atoms with Gasteiger partial charge in [0.25, 0.3) is 0 Å². The lowest BCUT2D eigenvalue weighted by molar-refractivity contribution is -0.405. The van der Waals surface area contributed by atoms with Crippen LogP contribution in [0.15, 0.2) is 0 Å². The second kappa shape index (κ2) is 6.01. The fraction of sp³-hybridized carbons (Fsp3) is 0.733. The molecule has 1 rings (SSSR count). The minimum Gasteiger partial charge on any atom is -0.382 e. The number of rotatable bonds is 5. The molecular weight excluding hydrogens is 340 g/mol. The van der Waals surface area contributed by atoms with Gasteiger partial charge in [-0.3, -0.25) is 19.2 Å². The Hall–Kier alpha value is -1.56. The highest BCUT2D eigenvalue weighted by Crippen LogP contribution is 2.50. The highest BCUT2D eigenvalue weighted by Gasteiger charge is 2.82. The van der Waals surface area contributed by atoms with Crippen molar-refractivity contribution in [3.63, 3.8) is 0 Å². The van der Waals surface area contributed by atoms with Gasteiger partial charge < -0.3 is 30.3 Å². The quantitative estimate of drug-likeness (QED) is 0.338. The van der Waals surface area contributed by atoms with Gasteiger partial charge in [0.05, 0.1) is 0 Å². The van der Waals surface area contributed by atoms with Crippen molar-refractivity contribution in [2.45, 2.75) is 69.4 Å². The van der Waals surface area contributed by atoms with Crippen molar-refractivity contribution in [3.05, 3.63) is 0 Å². The predicted octanol–water partition coefficient (Wildman–Crippen LogP) is -3.00. The molecule has 142 valence electrons. The van der Waals surface area contributed by atoms with Gasteiger partial charge in [0.2, 0.25) is 17.0 Å². The molecule has 6 atom stereocenters. The fourth-order valence-electron chi connectivity index (χ4n) is 3.30. The van der Waals surface area contributed by atoms with Crippen LogP contribution in [0.25, 0.3) is 0 Å². The van der Waals surface area contributed by atoms with Gasteiger partial charge in [-0.25, -0.2) is 0 Å². The molecule has 0 aromatic rings. The molecule has 0 spiro atoms. The van der Waals surface area contributed by atoms with Crippen LogP contribution in [0.3, 0.4) is 0 Å². The summed E-state index contributed by atoms with van der Waals surface area (Å²) in [5, 5.41) is 52.9. The Kier molecular flexibility index (Phi) is 5.16. The van der Waals surface area contributed by atoms with Crippen molar-refractivity contribution in [1.82, 2.24) is 0 Å². The zero-order valence-electron chi connectivity index (χ0n) is 14.4. The number of hydrogen-bond donors (Lipinski definition) is 5. The molecular formula is C15H22O10. The van der Waals surface area contributed by atoms with E-state index in [1.54, 1.807) is 0 Å². The van der Waals surface area contributed by atoms with E-state index >= 15 is 0 Å². The highest BCUT2D eigenvalue weighted by atomic mass is 16.7. The highest BCUT2D eigenvalue weighted by molar-refractivity contribution is 6.06. The Morgan fingerprint density at radius 1 is 0.840 bits per heavy atom. The number of ketones is 4. The van der Waals surface area contributed by atoms with Crippen LogP contribution in [-0.2, 0) is 23.9 Å². The maximum Gasteiger partial charge on any atom is 0.215 e. The average molecular weight is 362 g/mol. The van der Waals surface area contributed by atoms with Crippen molar-refractivity contribution < 1.29 is 49.4 Å². The third-order valence-corrected chi connectivity index (χ3v) is 4.77. The molecule has 10 nitrogen and oxygen atoms in total. The van der Waals surface area contributed by atoms with Gasteiger partial charge in [-0.2, -0.15) is 0 Å². The topological polar surface area (TPSA) is 179 Å². The lowest BCUT2D eigenvalue weighted by Crippen LogP contribution is -2.89. The van der Waals surface area contributed by atoms with Crippen LogP contribution in [0, 0.1) is 0 Å². The second-order valence-corrected chi connectivity index (χ2v) is 6.43. The molecule has 5 N–H and O–H groups in total. The smallest absolute Gasteiger partial charge is 0.215 e. The van der Waals surface area contributed by atoms with Crippen molar-refractivity contribution in [1.29, 1.82) is 0 Å². The maximum absolute atomic E-state index is 12.2. The summed E-state index contributed by atoms with van der Waals surface area (Å²) in [6, 6.07) is 0. The predicted molar refractivity (Wildman–Crippen MR) is 79.1 cm³/mol. The molecule has 0 bridgehead atoms. The molecule has 25 heavy (non-hydrogen) atoms. The molecule has 0 saturated carbocycles. The minimum atomic E-state index is -3.61. The fourth-order valence-corrected chi connectivity index (χ4v) is 3.30. The molecule has 0 aromatic heterocycles. The Morgan fingerprint density at radius 3 is 1.52 bits per heavy atom. The molecule has 0 radical (unpaired) electrons. The number of hydrogen-bond acceptors (Lipinski definition) is 10. The van der Waals surface area contributed by atoms with Crippen LogP contribution in [-0.4, -0.2) is 83.5 Å². The monoisotopic (exact) mass is 362 g/mol. The minimum absolute atomic E-state index is 0.653. The van der Waals surface area contributed by atoms with Gasteiger partial charge in [-0.15, -0.1) is 0 Å². The van der Waals surface area contributed by atoms with Crippen LogP contribution >= 0.6 is 0 Å². The number of carbonyl (C=O) groups excluding carboxylic acids is 4. The SMILES string of the molecule is CC(=O)C(O)[C@H]1O[C@](C)(O)[C@@](O)(C(C)=O)[C@](O)(C(C)=O)[C@@]1(O)C(C)=O. The first kappa shape index (κ1) is 21.5. The Morgan fingerprint density at radius 2 is 1.24 bits per heavy atom. The number of aliphatic hydroxyl groups excluding tert-OH is 1. The molecule has 1 fully saturated rings. The molecule has 1 aliphatic heterocycles. The number of carbonyl (C=O) groups is 4. The molecule has 10 heteroatoms. The summed E-state index contributed by atoms with van der Waals surface area (Å²) in [6.07, 6.45) is -4.60. The molecule has 0 amide bonds. The summed E-state index contributed by atoms with van der Waals surface area (Å²) in [6.45, 7) is 3.58. The van der Waals surface area contributed by atoms with Crippen molar-refractivity contribution in [2.75, 3.05) is 0 Å². The van der Waals surface area contributed by atoms with E-state index in [-0.39, 0.29) is 0 Å². The molecule has 1 saturated heterocycles. The van der Waals surface area contributed by atoms with Gasteiger partial charge in [-0.05, 0) is 34.6 Å². The summed E-state index contributed by atoms with van der Waals surface area (Å²) in [4.78, 5) is 47.8. The lowest BCUT2D eigenvalue weighted by Gasteiger charge is -2.60. The van der Waals surface area contributed by atoms with E-state index in [1.165, 1.54) is 0 Å². The third kappa shape index (κ3) is 2.40. The van der Waals surface area contributed by atoms with E-state index in [1.807, 2.05) is 0 Å².